The number of carbonyl (C=O) groups excluding carboxylic acids is 1. The Labute approximate surface area is 137 Å². The summed E-state index contributed by atoms with van der Waals surface area (Å²) in [5, 5.41) is 3.03. The monoisotopic (exact) mass is 310 g/mol. The van der Waals surface area contributed by atoms with Gasteiger partial charge >= 0.3 is 6.03 Å². The fraction of sp³-hybridized carbons (Fsp3) is 0.316. The van der Waals surface area contributed by atoms with Gasteiger partial charge in [0.1, 0.15) is 5.75 Å². The largest absolute Gasteiger partial charge is 0.497 e. The van der Waals surface area contributed by atoms with E-state index < -0.39 is 0 Å². The van der Waals surface area contributed by atoms with Gasteiger partial charge < -0.3 is 15.0 Å². The first-order chi connectivity index (χ1) is 11.3. The van der Waals surface area contributed by atoms with Crippen LogP contribution in [0.1, 0.15) is 24.0 Å². The van der Waals surface area contributed by atoms with Crippen LogP contribution in [0.5, 0.6) is 5.75 Å². The van der Waals surface area contributed by atoms with Crippen LogP contribution in [0.25, 0.3) is 0 Å². The highest BCUT2D eigenvalue weighted by molar-refractivity contribution is 5.75. The van der Waals surface area contributed by atoms with E-state index >= 15 is 0 Å². The minimum absolute atomic E-state index is 0.00664. The predicted octanol–water partition coefficient (Wildman–Crippen LogP) is 3.57. The molecule has 0 bridgehead atoms. The number of hydrogen-bond donors (Lipinski definition) is 1. The molecule has 2 aromatic rings. The van der Waals surface area contributed by atoms with Crippen LogP contribution >= 0.6 is 0 Å². The van der Waals surface area contributed by atoms with Crippen molar-refractivity contribution in [2.75, 3.05) is 7.11 Å². The van der Waals surface area contributed by atoms with Crippen LogP contribution in [0.15, 0.2) is 54.6 Å². The third kappa shape index (κ3) is 4.25. The molecule has 1 fully saturated rings. The summed E-state index contributed by atoms with van der Waals surface area (Å²) in [7, 11) is 1.66. The first-order valence-electron chi connectivity index (χ1n) is 7.97. The molecular weight excluding hydrogens is 288 g/mol. The summed E-state index contributed by atoms with van der Waals surface area (Å²) < 4.78 is 5.18. The lowest BCUT2D eigenvalue weighted by molar-refractivity contribution is 0.191. The molecule has 0 radical (unpaired) electrons. The summed E-state index contributed by atoms with van der Waals surface area (Å²) >= 11 is 0. The second-order valence-corrected chi connectivity index (χ2v) is 5.85. The van der Waals surface area contributed by atoms with Crippen molar-refractivity contribution >= 4 is 6.03 Å². The van der Waals surface area contributed by atoms with Crippen LogP contribution in [-0.2, 0) is 13.1 Å². The van der Waals surface area contributed by atoms with Crippen molar-refractivity contribution in [3.63, 3.8) is 0 Å². The maximum Gasteiger partial charge on any atom is 0.318 e. The quantitative estimate of drug-likeness (QED) is 0.886. The standard InChI is InChI=1S/C19H22N2O2/c1-23-18-11-7-16(8-12-18)14-21(17-9-10-17)19(22)20-13-15-5-3-2-4-6-15/h2-8,11-12,17H,9-10,13-14H2,1H3,(H,20,22). The molecule has 0 unspecified atom stereocenters. The summed E-state index contributed by atoms with van der Waals surface area (Å²) in [4.78, 5) is 14.5. The number of nitrogens with zero attached hydrogens (tertiary/aromatic N) is 1. The fourth-order valence-corrected chi connectivity index (χ4v) is 2.56. The molecule has 0 saturated heterocycles. The van der Waals surface area contributed by atoms with Crippen molar-refractivity contribution in [1.29, 1.82) is 0 Å². The molecule has 1 aliphatic carbocycles. The zero-order valence-corrected chi connectivity index (χ0v) is 13.4. The van der Waals surface area contributed by atoms with Gasteiger partial charge in [0, 0.05) is 19.1 Å². The van der Waals surface area contributed by atoms with Crippen LogP contribution in [0.2, 0.25) is 0 Å². The highest BCUT2D eigenvalue weighted by atomic mass is 16.5. The van der Waals surface area contributed by atoms with E-state index in [1.54, 1.807) is 7.11 Å². The van der Waals surface area contributed by atoms with E-state index in [4.69, 9.17) is 4.74 Å². The Kier molecular flexibility index (Phi) is 4.81. The number of rotatable bonds is 6. The van der Waals surface area contributed by atoms with Gasteiger partial charge in [0.05, 0.1) is 7.11 Å². The lowest BCUT2D eigenvalue weighted by Gasteiger charge is -2.23. The summed E-state index contributed by atoms with van der Waals surface area (Å²) in [6.07, 6.45) is 2.18. The number of benzene rings is 2. The first-order valence-corrected chi connectivity index (χ1v) is 7.97. The number of amides is 2. The molecule has 0 heterocycles. The van der Waals surface area contributed by atoms with Gasteiger partial charge in [-0.25, -0.2) is 4.79 Å². The number of ether oxygens (including phenoxy) is 1. The molecular formula is C19H22N2O2. The summed E-state index contributed by atoms with van der Waals surface area (Å²) in [5.41, 5.74) is 2.23. The zero-order valence-electron chi connectivity index (χ0n) is 13.4. The van der Waals surface area contributed by atoms with E-state index in [2.05, 4.69) is 5.32 Å². The Morgan fingerprint density at radius 1 is 1.09 bits per heavy atom. The molecule has 1 aliphatic rings. The Morgan fingerprint density at radius 2 is 1.78 bits per heavy atom. The minimum atomic E-state index is 0.00664. The van der Waals surface area contributed by atoms with Crippen molar-refractivity contribution < 1.29 is 9.53 Å². The van der Waals surface area contributed by atoms with Gasteiger partial charge in [-0.05, 0) is 36.1 Å². The molecule has 0 aliphatic heterocycles. The van der Waals surface area contributed by atoms with Gasteiger partial charge in [-0.15, -0.1) is 0 Å². The molecule has 1 N–H and O–H groups in total. The van der Waals surface area contributed by atoms with Crippen molar-refractivity contribution in [3.8, 4) is 5.75 Å². The number of urea groups is 1. The zero-order chi connectivity index (χ0) is 16.1. The maximum atomic E-state index is 12.5. The van der Waals surface area contributed by atoms with Crippen molar-refractivity contribution in [2.45, 2.75) is 32.0 Å². The second-order valence-electron chi connectivity index (χ2n) is 5.85. The van der Waals surface area contributed by atoms with Crippen LogP contribution in [-0.4, -0.2) is 24.1 Å². The van der Waals surface area contributed by atoms with Crippen LogP contribution < -0.4 is 10.1 Å². The molecule has 0 spiro atoms. The van der Waals surface area contributed by atoms with Crippen molar-refractivity contribution in [3.05, 3.63) is 65.7 Å². The number of hydrogen-bond acceptors (Lipinski definition) is 2. The molecule has 4 nitrogen and oxygen atoms in total. The highest BCUT2D eigenvalue weighted by Gasteiger charge is 2.32. The highest BCUT2D eigenvalue weighted by Crippen LogP contribution is 2.28. The van der Waals surface area contributed by atoms with Gasteiger partial charge in [-0.1, -0.05) is 42.5 Å². The van der Waals surface area contributed by atoms with E-state index in [-0.39, 0.29) is 6.03 Å². The molecule has 0 aromatic heterocycles. The van der Waals surface area contributed by atoms with E-state index in [0.717, 1.165) is 29.7 Å². The molecule has 0 atom stereocenters. The first kappa shape index (κ1) is 15.4. The van der Waals surface area contributed by atoms with Crippen LogP contribution in [0.4, 0.5) is 4.79 Å². The van der Waals surface area contributed by atoms with Gasteiger partial charge in [0.15, 0.2) is 0 Å². The second kappa shape index (κ2) is 7.18. The lowest BCUT2D eigenvalue weighted by Crippen LogP contribution is -2.40. The van der Waals surface area contributed by atoms with Crippen LogP contribution in [0.3, 0.4) is 0 Å². The molecule has 3 rings (SSSR count). The Morgan fingerprint density at radius 3 is 2.39 bits per heavy atom. The SMILES string of the molecule is COc1ccc(CN(C(=O)NCc2ccccc2)C2CC2)cc1. The summed E-state index contributed by atoms with van der Waals surface area (Å²) in [5.74, 6) is 0.834. The lowest BCUT2D eigenvalue weighted by atomic mass is 10.2. The number of nitrogens with one attached hydrogen (secondary N) is 1. The summed E-state index contributed by atoms with van der Waals surface area (Å²) in [6.45, 7) is 1.20. The number of carbonyl (C=O) groups is 1. The number of methoxy groups -OCH3 is 1. The van der Waals surface area contributed by atoms with E-state index in [9.17, 15) is 4.79 Å². The molecule has 4 heteroatoms. The van der Waals surface area contributed by atoms with E-state index in [1.807, 2.05) is 59.5 Å². The molecule has 2 aromatic carbocycles. The Bertz CT molecular complexity index is 636. The smallest absolute Gasteiger partial charge is 0.318 e. The van der Waals surface area contributed by atoms with Gasteiger partial charge in [-0.3, -0.25) is 0 Å². The van der Waals surface area contributed by atoms with Gasteiger partial charge in [0.25, 0.3) is 0 Å². The Balaban J connectivity index is 1.60. The molecule has 1 saturated carbocycles. The normalized spacial score (nSPS) is 13.4. The van der Waals surface area contributed by atoms with Gasteiger partial charge in [-0.2, -0.15) is 0 Å². The van der Waals surface area contributed by atoms with Gasteiger partial charge in [0.2, 0.25) is 0 Å². The molecule has 2 amide bonds. The van der Waals surface area contributed by atoms with E-state index in [0.29, 0.717) is 19.1 Å². The van der Waals surface area contributed by atoms with Crippen molar-refractivity contribution in [1.82, 2.24) is 10.2 Å². The third-order valence-electron chi connectivity index (χ3n) is 4.05. The predicted molar refractivity (Wildman–Crippen MR) is 90.2 cm³/mol. The summed E-state index contributed by atoms with van der Waals surface area (Å²) in [6, 6.07) is 18.2. The maximum absolute atomic E-state index is 12.5. The average Bonchev–Trinajstić information content (AvgIpc) is 3.44. The van der Waals surface area contributed by atoms with E-state index in [1.165, 1.54) is 0 Å². The Hall–Kier alpha value is -2.49. The van der Waals surface area contributed by atoms with Crippen molar-refractivity contribution in [2.24, 2.45) is 0 Å². The topological polar surface area (TPSA) is 41.6 Å². The van der Waals surface area contributed by atoms with Crippen LogP contribution in [0, 0.1) is 0 Å². The average molecular weight is 310 g/mol. The molecule has 120 valence electrons. The minimum Gasteiger partial charge on any atom is -0.497 e. The fourth-order valence-electron chi connectivity index (χ4n) is 2.56. The molecule has 23 heavy (non-hydrogen) atoms. The third-order valence-corrected chi connectivity index (χ3v) is 4.05.